The Bertz CT molecular complexity index is 646. The summed E-state index contributed by atoms with van der Waals surface area (Å²) in [6, 6.07) is 12.1. The van der Waals surface area contributed by atoms with E-state index in [-0.39, 0.29) is 5.91 Å². The van der Waals surface area contributed by atoms with Crippen LogP contribution in [0.5, 0.6) is 0 Å². The van der Waals surface area contributed by atoms with Crippen LogP contribution in [-0.2, 0) is 24.8 Å². The zero-order chi connectivity index (χ0) is 14.8. The van der Waals surface area contributed by atoms with Gasteiger partial charge >= 0.3 is 0 Å². The van der Waals surface area contributed by atoms with E-state index in [1.165, 1.54) is 0 Å². The van der Waals surface area contributed by atoms with Crippen molar-refractivity contribution in [3.63, 3.8) is 0 Å². The van der Waals surface area contributed by atoms with E-state index in [0.29, 0.717) is 24.0 Å². The number of nitrogens with zero attached hydrogens (tertiary/aromatic N) is 2. The molecule has 1 aliphatic rings. The van der Waals surface area contributed by atoms with E-state index in [2.05, 4.69) is 10.6 Å². The molecule has 1 aliphatic carbocycles. The van der Waals surface area contributed by atoms with Crippen LogP contribution in [0.25, 0.3) is 0 Å². The number of aryl methyl sites for hydroxylation is 1. The van der Waals surface area contributed by atoms with Crippen molar-refractivity contribution in [3.8, 4) is 0 Å². The van der Waals surface area contributed by atoms with Crippen LogP contribution in [0.3, 0.4) is 0 Å². The predicted octanol–water partition coefficient (Wildman–Crippen LogP) is 3.41. The topological polar surface area (TPSA) is 25.2 Å². The highest BCUT2D eigenvalue weighted by molar-refractivity contribution is 6.31. The van der Waals surface area contributed by atoms with Crippen molar-refractivity contribution in [1.29, 1.82) is 0 Å². The van der Waals surface area contributed by atoms with Gasteiger partial charge in [-0.1, -0.05) is 29.8 Å². The number of carbonyl (C=O) groups is 1. The molecule has 0 N–H and O–H groups in total. The fourth-order valence-corrected chi connectivity index (χ4v) is 2.75. The summed E-state index contributed by atoms with van der Waals surface area (Å²) in [5, 5.41) is 0.667. The predicted molar refractivity (Wildman–Crippen MR) is 84.1 cm³/mol. The fraction of sp³-hybridized carbons (Fsp3) is 0.353. The number of carbonyl (C=O) groups excluding carboxylic acids is 1. The number of benzene rings is 1. The Hall–Kier alpha value is -1.74. The molecule has 21 heavy (non-hydrogen) atoms. The molecule has 1 aromatic carbocycles. The van der Waals surface area contributed by atoms with Gasteiger partial charge in [-0.3, -0.25) is 4.79 Å². The van der Waals surface area contributed by atoms with E-state index in [1.807, 2.05) is 48.5 Å². The van der Waals surface area contributed by atoms with Gasteiger partial charge in [0, 0.05) is 30.0 Å². The molecular weight excluding hydrogens is 284 g/mol. The maximum atomic E-state index is 12.6. The standard InChI is InChI=1S/C17H19ClN2O/c1-19-10-4-6-15(19)12-20(14-8-9-14)17(21)11-13-5-2-3-7-16(13)18/h2-7,10,14H,8-9,11-12H2,1H3. The van der Waals surface area contributed by atoms with E-state index >= 15 is 0 Å². The zero-order valence-electron chi connectivity index (χ0n) is 12.1. The molecule has 2 aromatic rings. The zero-order valence-corrected chi connectivity index (χ0v) is 12.9. The molecule has 3 rings (SSSR count). The third-order valence-corrected chi connectivity index (χ3v) is 4.36. The monoisotopic (exact) mass is 302 g/mol. The molecule has 1 amide bonds. The van der Waals surface area contributed by atoms with Crippen LogP contribution < -0.4 is 0 Å². The molecule has 1 heterocycles. The molecule has 0 unspecified atom stereocenters. The lowest BCUT2D eigenvalue weighted by atomic mass is 10.1. The molecule has 3 nitrogen and oxygen atoms in total. The van der Waals surface area contributed by atoms with Gasteiger partial charge in [-0.25, -0.2) is 0 Å². The lowest BCUT2D eigenvalue weighted by Crippen LogP contribution is -2.34. The maximum absolute atomic E-state index is 12.6. The fourth-order valence-electron chi connectivity index (χ4n) is 2.55. The second-order valence-electron chi connectivity index (χ2n) is 5.63. The summed E-state index contributed by atoms with van der Waals surface area (Å²) in [5.74, 6) is 0.159. The van der Waals surface area contributed by atoms with Crippen molar-refractivity contribution >= 4 is 17.5 Å². The van der Waals surface area contributed by atoms with Crippen LogP contribution in [0.15, 0.2) is 42.6 Å². The SMILES string of the molecule is Cn1cccc1CN(C(=O)Cc1ccccc1Cl)C1CC1. The minimum atomic E-state index is 0.159. The second-order valence-corrected chi connectivity index (χ2v) is 6.04. The summed E-state index contributed by atoms with van der Waals surface area (Å²) in [6.07, 6.45) is 4.61. The van der Waals surface area contributed by atoms with Gasteiger partial charge in [0.25, 0.3) is 0 Å². The number of aromatic nitrogens is 1. The summed E-state index contributed by atoms with van der Waals surface area (Å²) in [7, 11) is 2.01. The Morgan fingerprint density at radius 1 is 1.29 bits per heavy atom. The molecule has 0 saturated heterocycles. The van der Waals surface area contributed by atoms with Crippen molar-refractivity contribution in [1.82, 2.24) is 9.47 Å². The highest BCUT2D eigenvalue weighted by Gasteiger charge is 2.32. The van der Waals surface area contributed by atoms with E-state index in [9.17, 15) is 4.79 Å². The normalized spacial score (nSPS) is 14.2. The molecule has 0 bridgehead atoms. The van der Waals surface area contributed by atoms with Crippen molar-refractivity contribution in [2.24, 2.45) is 7.05 Å². The quantitative estimate of drug-likeness (QED) is 0.831. The molecule has 0 radical (unpaired) electrons. The van der Waals surface area contributed by atoms with Gasteiger partial charge < -0.3 is 9.47 Å². The Balaban J connectivity index is 1.74. The maximum Gasteiger partial charge on any atom is 0.227 e. The van der Waals surface area contributed by atoms with Crippen LogP contribution in [-0.4, -0.2) is 21.4 Å². The minimum absolute atomic E-state index is 0.159. The average molecular weight is 303 g/mol. The lowest BCUT2D eigenvalue weighted by Gasteiger charge is -2.23. The molecule has 0 aliphatic heterocycles. The smallest absolute Gasteiger partial charge is 0.227 e. The highest BCUT2D eigenvalue weighted by Crippen LogP contribution is 2.29. The van der Waals surface area contributed by atoms with Crippen molar-refractivity contribution < 1.29 is 4.79 Å². The van der Waals surface area contributed by atoms with Crippen LogP contribution in [0.2, 0.25) is 5.02 Å². The summed E-state index contributed by atoms with van der Waals surface area (Å²) in [6.45, 7) is 0.678. The molecular formula is C17H19ClN2O. The van der Waals surface area contributed by atoms with E-state index < -0.39 is 0 Å². The largest absolute Gasteiger partial charge is 0.353 e. The minimum Gasteiger partial charge on any atom is -0.353 e. The van der Waals surface area contributed by atoms with E-state index in [0.717, 1.165) is 24.1 Å². The number of amides is 1. The van der Waals surface area contributed by atoms with Crippen molar-refractivity contribution in [2.45, 2.75) is 31.8 Å². The Labute approximate surface area is 130 Å². The first-order chi connectivity index (χ1) is 10.1. The summed E-state index contributed by atoms with van der Waals surface area (Å²) in [5.41, 5.74) is 2.07. The van der Waals surface area contributed by atoms with Crippen molar-refractivity contribution in [2.75, 3.05) is 0 Å². The molecule has 1 aromatic heterocycles. The van der Waals surface area contributed by atoms with Gasteiger partial charge in [-0.15, -0.1) is 0 Å². The first-order valence-corrected chi connectivity index (χ1v) is 7.66. The first kappa shape index (κ1) is 14.2. The molecule has 1 saturated carbocycles. The van der Waals surface area contributed by atoms with Gasteiger partial charge in [-0.05, 0) is 36.6 Å². The summed E-state index contributed by atoms with van der Waals surface area (Å²) >= 11 is 6.16. The van der Waals surface area contributed by atoms with Crippen molar-refractivity contribution in [3.05, 3.63) is 58.9 Å². The van der Waals surface area contributed by atoms with Crippen LogP contribution in [0.1, 0.15) is 24.1 Å². The molecule has 0 spiro atoms. The highest BCUT2D eigenvalue weighted by atomic mass is 35.5. The van der Waals surface area contributed by atoms with Gasteiger partial charge in [-0.2, -0.15) is 0 Å². The van der Waals surface area contributed by atoms with Gasteiger partial charge in [0.05, 0.1) is 13.0 Å². The summed E-state index contributed by atoms with van der Waals surface area (Å²) in [4.78, 5) is 14.6. The second kappa shape index (κ2) is 5.94. The number of hydrogen-bond donors (Lipinski definition) is 0. The number of halogens is 1. The van der Waals surface area contributed by atoms with Crippen LogP contribution in [0.4, 0.5) is 0 Å². The third kappa shape index (κ3) is 3.30. The molecule has 1 fully saturated rings. The van der Waals surface area contributed by atoms with Gasteiger partial charge in [0.15, 0.2) is 0 Å². The van der Waals surface area contributed by atoms with E-state index in [1.54, 1.807) is 0 Å². The third-order valence-electron chi connectivity index (χ3n) is 3.99. The van der Waals surface area contributed by atoms with Gasteiger partial charge in [0.2, 0.25) is 5.91 Å². The Morgan fingerprint density at radius 3 is 2.67 bits per heavy atom. The number of rotatable bonds is 5. The molecule has 110 valence electrons. The Morgan fingerprint density at radius 2 is 2.05 bits per heavy atom. The molecule has 4 heteroatoms. The first-order valence-electron chi connectivity index (χ1n) is 7.28. The van der Waals surface area contributed by atoms with E-state index in [4.69, 9.17) is 11.6 Å². The molecule has 0 atom stereocenters. The lowest BCUT2D eigenvalue weighted by molar-refractivity contribution is -0.131. The van der Waals surface area contributed by atoms with Crippen LogP contribution in [0, 0.1) is 0 Å². The average Bonchev–Trinajstić information content (AvgIpc) is 3.22. The number of hydrogen-bond acceptors (Lipinski definition) is 1. The van der Waals surface area contributed by atoms with Gasteiger partial charge in [0.1, 0.15) is 0 Å². The Kier molecular flexibility index (Phi) is 4.02. The summed E-state index contributed by atoms with van der Waals surface area (Å²) < 4.78 is 2.07. The van der Waals surface area contributed by atoms with Crippen LogP contribution >= 0.6 is 11.6 Å².